The van der Waals surface area contributed by atoms with Crippen molar-refractivity contribution >= 4 is 40.6 Å². The summed E-state index contributed by atoms with van der Waals surface area (Å²) in [5, 5.41) is 10.3. The van der Waals surface area contributed by atoms with Crippen LogP contribution in [0.15, 0.2) is 42.5 Å². The van der Waals surface area contributed by atoms with Crippen molar-refractivity contribution in [1.29, 1.82) is 5.26 Å². The molecule has 5 heteroatoms. The number of halogens is 3. The van der Waals surface area contributed by atoms with Crippen molar-refractivity contribution in [2.45, 2.75) is 5.92 Å². The van der Waals surface area contributed by atoms with Crippen molar-refractivity contribution in [3.05, 3.63) is 68.7 Å². The van der Waals surface area contributed by atoms with Gasteiger partial charge in [-0.15, -0.1) is 0 Å². The van der Waals surface area contributed by atoms with Gasteiger partial charge in [0.15, 0.2) is 5.78 Å². The molecule has 2 aromatic rings. The summed E-state index contributed by atoms with van der Waals surface area (Å²) < 4.78 is 0. The van der Waals surface area contributed by atoms with Gasteiger partial charge in [-0.3, -0.25) is 4.79 Å². The minimum atomic E-state index is -0.998. The third kappa shape index (κ3) is 2.96. The fourth-order valence-corrected chi connectivity index (χ4v) is 2.57. The van der Waals surface area contributed by atoms with Gasteiger partial charge in [0.1, 0.15) is 5.92 Å². The van der Waals surface area contributed by atoms with Gasteiger partial charge >= 0.3 is 0 Å². The van der Waals surface area contributed by atoms with Gasteiger partial charge in [-0.1, -0.05) is 53.0 Å². The van der Waals surface area contributed by atoms with Crippen LogP contribution in [0.2, 0.25) is 15.1 Å². The van der Waals surface area contributed by atoms with Crippen molar-refractivity contribution < 1.29 is 4.79 Å². The summed E-state index contributed by atoms with van der Waals surface area (Å²) in [6.07, 6.45) is 0. The molecule has 0 radical (unpaired) electrons. The largest absolute Gasteiger partial charge is 0.292 e. The maximum Gasteiger partial charge on any atom is 0.186 e. The zero-order chi connectivity index (χ0) is 14.7. The van der Waals surface area contributed by atoms with E-state index in [1.807, 2.05) is 6.07 Å². The molecule has 0 bridgehead atoms. The molecule has 1 unspecified atom stereocenters. The van der Waals surface area contributed by atoms with E-state index < -0.39 is 11.7 Å². The maximum atomic E-state index is 12.5. The summed E-state index contributed by atoms with van der Waals surface area (Å²) in [6, 6.07) is 13.3. The Morgan fingerprint density at radius 2 is 1.75 bits per heavy atom. The molecule has 0 saturated heterocycles. The third-order valence-electron chi connectivity index (χ3n) is 2.80. The third-order valence-corrected chi connectivity index (χ3v) is 3.70. The van der Waals surface area contributed by atoms with Gasteiger partial charge in [-0.25, -0.2) is 0 Å². The number of Topliss-reactive ketones (excluding diaryl/α,β-unsaturated/α-hetero) is 1. The summed E-state index contributed by atoms with van der Waals surface area (Å²) in [5.41, 5.74) is 0.718. The monoisotopic (exact) mass is 323 g/mol. The van der Waals surface area contributed by atoms with E-state index in [2.05, 4.69) is 0 Å². The van der Waals surface area contributed by atoms with Gasteiger partial charge in [0.05, 0.1) is 11.1 Å². The van der Waals surface area contributed by atoms with Crippen molar-refractivity contribution in [2.24, 2.45) is 0 Å². The van der Waals surface area contributed by atoms with E-state index in [9.17, 15) is 10.1 Å². The summed E-state index contributed by atoms with van der Waals surface area (Å²) in [6.45, 7) is 0. The smallest absolute Gasteiger partial charge is 0.186 e. The van der Waals surface area contributed by atoms with Gasteiger partial charge in [0.25, 0.3) is 0 Å². The molecule has 0 amide bonds. The first-order chi connectivity index (χ1) is 9.54. The molecule has 0 N–H and O–H groups in total. The molecule has 20 heavy (non-hydrogen) atoms. The first-order valence-electron chi connectivity index (χ1n) is 5.68. The highest BCUT2D eigenvalue weighted by Gasteiger charge is 2.25. The highest BCUT2D eigenvalue weighted by Crippen LogP contribution is 2.30. The Hall–Kier alpha value is -1.53. The van der Waals surface area contributed by atoms with Crippen LogP contribution in [-0.2, 0) is 0 Å². The summed E-state index contributed by atoms with van der Waals surface area (Å²) in [4.78, 5) is 12.5. The molecule has 0 saturated carbocycles. The molecule has 1 atom stereocenters. The number of nitriles is 1. The molecule has 0 spiro atoms. The Morgan fingerprint density at radius 3 is 2.35 bits per heavy atom. The second-order valence-corrected chi connectivity index (χ2v) is 5.32. The van der Waals surface area contributed by atoms with E-state index in [-0.39, 0.29) is 10.6 Å². The summed E-state index contributed by atoms with van der Waals surface area (Å²) in [7, 11) is 0. The molecule has 0 aromatic heterocycles. The Balaban J connectivity index is 2.45. The van der Waals surface area contributed by atoms with Gasteiger partial charge in [-0.05, 0) is 29.8 Å². The lowest BCUT2D eigenvalue weighted by Crippen LogP contribution is -2.12. The first-order valence-corrected chi connectivity index (χ1v) is 6.81. The zero-order valence-corrected chi connectivity index (χ0v) is 12.4. The quantitative estimate of drug-likeness (QED) is 0.734. The number of hydrogen-bond donors (Lipinski definition) is 0. The molecule has 100 valence electrons. The predicted octanol–water partition coefficient (Wildman–Crippen LogP) is 5.14. The zero-order valence-electron chi connectivity index (χ0n) is 10.1. The Kier molecular flexibility index (Phi) is 4.67. The molecule has 0 fully saturated rings. The van der Waals surface area contributed by atoms with Crippen LogP contribution in [0.1, 0.15) is 21.8 Å². The molecule has 0 aliphatic rings. The molecule has 0 aliphatic carbocycles. The standard InChI is InChI=1S/C15H8Cl3NO/c16-9-5-6-11(14(18)7-9)15(20)12(8-19)10-3-1-2-4-13(10)17/h1-7,12H. The van der Waals surface area contributed by atoms with Crippen molar-refractivity contribution in [3.63, 3.8) is 0 Å². The van der Waals surface area contributed by atoms with E-state index in [0.29, 0.717) is 15.6 Å². The lowest BCUT2D eigenvalue weighted by atomic mass is 9.92. The van der Waals surface area contributed by atoms with E-state index in [0.717, 1.165) is 0 Å². The number of nitrogens with zero attached hydrogens (tertiary/aromatic N) is 1. The van der Waals surface area contributed by atoms with E-state index in [1.54, 1.807) is 30.3 Å². The van der Waals surface area contributed by atoms with Crippen LogP contribution in [0.5, 0.6) is 0 Å². The van der Waals surface area contributed by atoms with E-state index in [4.69, 9.17) is 34.8 Å². The number of carbonyl (C=O) groups is 1. The average molecular weight is 325 g/mol. The molecule has 2 aromatic carbocycles. The average Bonchev–Trinajstić information content (AvgIpc) is 2.41. The molecular formula is C15H8Cl3NO. The lowest BCUT2D eigenvalue weighted by molar-refractivity contribution is 0.0979. The topological polar surface area (TPSA) is 40.9 Å². The van der Waals surface area contributed by atoms with Gasteiger partial charge in [-0.2, -0.15) is 5.26 Å². The summed E-state index contributed by atoms with van der Waals surface area (Å²) in [5.74, 6) is -1.40. The SMILES string of the molecule is N#CC(C(=O)c1ccc(Cl)cc1Cl)c1ccccc1Cl. The van der Waals surface area contributed by atoms with Crippen LogP contribution in [0.4, 0.5) is 0 Å². The van der Waals surface area contributed by atoms with Gasteiger partial charge < -0.3 is 0 Å². The Labute approximate surface area is 131 Å². The number of hydrogen-bond acceptors (Lipinski definition) is 2. The van der Waals surface area contributed by atoms with Gasteiger partial charge in [0.2, 0.25) is 0 Å². The van der Waals surface area contributed by atoms with Crippen molar-refractivity contribution in [1.82, 2.24) is 0 Å². The van der Waals surface area contributed by atoms with E-state index >= 15 is 0 Å². The molecule has 2 nitrogen and oxygen atoms in total. The summed E-state index contributed by atoms with van der Waals surface area (Å²) >= 11 is 17.8. The number of ketones is 1. The Bertz CT molecular complexity index is 707. The number of rotatable bonds is 3. The lowest BCUT2D eigenvalue weighted by Gasteiger charge is -2.11. The van der Waals surface area contributed by atoms with Gasteiger partial charge in [0, 0.05) is 15.6 Å². The normalized spacial score (nSPS) is 11.7. The molecule has 2 rings (SSSR count). The molecular weight excluding hydrogens is 317 g/mol. The van der Waals surface area contributed by atoms with Crippen LogP contribution in [0, 0.1) is 11.3 Å². The van der Waals surface area contributed by atoms with Crippen LogP contribution >= 0.6 is 34.8 Å². The Morgan fingerprint density at radius 1 is 1.05 bits per heavy atom. The second-order valence-electron chi connectivity index (χ2n) is 4.07. The molecule has 0 heterocycles. The van der Waals surface area contributed by atoms with Crippen LogP contribution < -0.4 is 0 Å². The highest BCUT2D eigenvalue weighted by atomic mass is 35.5. The minimum Gasteiger partial charge on any atom is -0.292 e. The predicted molar refractivity (Wildman–Crippen MR) is 80.6 cm³/mol. The van der Waals surface area contributed by atoms with Crippen molar-refractivity contribution in [3.8, 4) is 6.07 Å². The fourth-order valence-electron chi connectivity index (χ4n) is 1.82. The van der Waals surface area contributed by atoms with Crippen LogP contribution in [0.3, 0.4) is 0 Å². The van der Waals surface area contributed by atoms with Crippen LogP contribution in [0.25, 0.3) is 0 Å². The first kappa shape index (κ1) is 14.9. The second kappa shape index (κ2) is 6.28. The number of carbonyl (C=O) groups excluding carboxylic acids is 1. The fraction of sp³-hybridized carbons (Fsp3) is 0.0667. The maximum absolute atomic E-state index is 12.5. The molecule has 0 aliphatic heterocycles. The van der Waals surface area contributed by atoms with E-state index in [1.165, 1.54) is 12.1 Å². The number of benzene rings is 2. The minimum absolute atomic E-state index is 0.217. The van der Waals surface area contributed by atoms with Crippen LogP contribution in [-0.4, -0.2) is 5.78 Å². The van der Waals surface area contributed by atoms with Crippen molar-refractivity contribution in [2.75, 3.05) is 0 Å². The highest BCUT2D eigenvalue weighted by molar-refractivity contribution is 6.37.